The first-order chi connectivity index (χ1) is 14.6. The average Bonchev–Trinajstić information content (AvgIpc) is 2.75. The molecule has 0 aromatic heterocycles. The van der Waals surface area contributed by atoms with Crippen molar-refractivity contribution in [1.82, 2.24) is 9.62 Å². The summed E-state index contributed by atoms with van der Waals surface area (Å²) in [5.74, 6) is 0.312. The van der Waals surface area contributed by atoms with E-state index in [2.05, 4.69) is 4.72 Å². The molecule has 31 heavy (non-hydrogen) atoms. The second-order valence-corrected chi connectivity index (χ2v) is 9.90. The Balaban J connectivity index is 1.64. The van der Waals surface area contributed by atoms with Crippen LogP contribution in [0.2, 0.25) is 0 Å². The molecule has 1 saturated heterocycles. The highest BCUT2D eigenvalue weighted by Gasteiger charge is 2.29. The van der Waals surface area contributed by atoms with Crippen molar-refractivity contribution in [2.75, 3.05) is 39.2 Å². The molecule has 1 aliphatic heterocycles. The summed E-state index contributed by atoms with van der Waals surface area (Å²) in [5.41, 5.74) is 3.54. The number of ether oxygens (including phenoxy) is 1. The standard InChI is InChI=1S/C23H31N3O4S/c1-16-14-21(30-5)22(15-17(16)2)31(28,29)24-19-10-12-26(13-11-19)23(27)18-6-8-20(9-7-18)25(3)4/h6-9,14-15,19,24H,10-13H2,1-5H3. The van der Waals surface area contributed by atoms with Gasteiger partial charge in [0.15, 0.2) is 0 Å². The van der Waals surface area contributed by atoms with Gasteiger partial charge in [-0.25, -0.2) is 13.1 Å². The van der Waals surface area contributed by atoms with Crippen LogP contribution in [0.4, 0.5) is 5.69 Å². The highest BCUT2D eigenvalue weighted by atomic mass is 32.2. The number of nitrogens with one attached hydrogen (secondary N) is 1. The number of carbonyl (C=O) groups is 1. The van der Waals surface area contributed by atoms with Gasteiger partial charge in [0, 0.05) is 44.5 Å². The van der Waals surface area contributed by atoms with E-state index >= 15 is 0 Å². The number of piperidine rings is 1. The van der Waals surface area contributed by atoms with Crippen molar-refractivity contribution < 1.29 is 17.9 Å². The molecule has 0 radical (unpaired) electrons. The van der Waals surface area contributed by atoms with E-state index < -0.39 is 10.0 Å². The third kappa shape index (κ3) is 5.19. The maximum atomic E-state index is 13.0. The summed E-state index contributed by atoms with van der Waals surface area (Å²) in [7, 11) is 1.65. The lowest BCUT2D eigenvalue weighted by Gasteiger charge is -2.32. The number of hydrogen-bond acceptors (Lipinski definition) is 5. The van der Waals surface area contributed by atoms with Crippen LogP contribution in [-0.4, -0.2) is 59.6 Å². The molecule has 168 valence electrons. The highest BCUT2D eigenvalue weighted by Crippen LogP contribution is 2.28. The Labute approximate surface area is 185 Å². The second-order valence-electron chi connectivity index (χ2n) is 8.22. The topological polar surface area (TPSA) is 79.0 Å². The van der Waals surface area contributed by atoms with Crippen molar-refractivity contribution >= 4 is 21.6 Å². The third-order valence-corrected chi connectivity index (χ3v) is 7.35. The van der Waals surface area contributed by atoms with Crippen molar-refractivity contribution in [3.8, 4) is 5.75 Å². The summed E-state index contributed by atoms with van der Waals surface area (Å²) in [5, 5.41) is 0. The molecule has 0 unspecified atom stereocenters. The van der Waals surface area contributed by atoms with E-state index in [0.717, 1.165) is 16.8 Å². The van der Waals surface area contributed by atoms with E-state index in [1.54, 1.807) is 17.0 Å². The highest BCUT2D eigenvalue weighted by molar-refractivity contribution is 7.89. The van der Waals surface area contributed by atoms with Crippen molar-refractivity contribution in [2.45, 2.75) is 37.6 Å². The zero-order valence-electron chi connectivity index (χ0n) is 18.8. The van der Waals surface area contributed by atoms with Gasteiger partial charge in [0.05, 0.1) is 7.11 Å². The second kappa shape index (κ2) is 9.28. The minimum absolute atomic E-state index is 0.0255. The van der Waals surface area contributed by atoms with Crippen LogP contribution in [0, 0.1) is 13.8 Å². The molecule has 1 N–H and O–H groups in total. The predicted molar refractivity (Wildman–Crippen MR) is 122 cm³/mol. The number of sulfonamides is 1. The molecule has 1 heterocycles. The minimum atomic E-state index is -3.73. The summed E-state index contributed by atoms with van der Waals surface area (Å²) in [6.07, 6.45) is 1.13. The zero-order valence-corrected chi connectivity index (χ0v) is 19.6. The molecule has 1 fully saturated rings. The van der Waals surface area contributed by atoms with Gasteiger partial charge in [-0.1, -0.05) is 0 Å². The van der Waals surface area contributed by atoms with E-state index in [1.165, 1.54) is 7.11 Å². The number of anilines is 1. The Kier molecular flexibility index (Phi) is 6.91. The Morgan fingerprint density at radius 2 is 1.65 bits per heavy atom. The van der Waals surface area contributed by atoms with Gasteiger partial charge in [-0.2, -0.15) is 0 Å². The fraction of sp³-hybridized carbons (Fsp3) is 0.435. The molecule has 2 aromatic carbocycles. The fourth-order valence-electron chi connectivity index (χ4n) is 3.70. The quantitative estimate of drug-likeness (QED) is 0.740. The SMILES string of the molecule is COc1cc(C)c(C)cc1S(=O)(=O)NC1CCN(C(=O)c2ccc(N(C)C)cc2)CC1. The average molecular weight is 446 g/mol. The Morgan fingerprint density at radius 3 is 2.19 bits per heavy atom. The summed E-state index contributed by atoms with van der Waals surface area (Å²) < 4.78 is 34.1. The van der Waals surface area contributed by atoms with E-state index in [0.29, 0.717) is 37.2 Å². The van der Waals surface area contributed by atoms with Crippen molar-refractivity contribution in [3.63, 3.8) is 0 Å². The van der Waals surface area contributed by atoms with Crippen LogP contribution in [0.5, 0.6) is 5.75 Å². The maximum absolute atomic E-state index is 13.0. The molecule has 8 heteroatoms. The van der Waals surface area contributed by atoms with Crippen molar-refractivity contribution in [3.05, 3.63) is 53.1 Å². The van der Waals surface area contributed by atoms with Crippen molar-refractivity contribution in [2.24, 2.45) is 0 Å². The smallest absolute Gasteiger partial charge is 0.253 e. The van der Waals surface area contributed by atoms with E-state index in [9.17, 15) is 13.2 Å². The molecule has 0 spiro atoms. The Morgan fingerprint density at radius 1 is 1.06 bits per heavy atom. The molecule has 2 aromatic rings. The number of methoxy groups -OCH3 is 1. The number of rotatable bonds is 6. The maximum Gasteiger partial charge on any atom is 0.253 e. The monoisotopic (exact) mass is 445 g/mol. The summed E-state index contributed by atoms with van der Waals surface area (Å²) in [4.78, 5) is 16.7. The molecule has 1 amide bonds. The summed E-state index contributed by atoms with van der Waals surface area (Å²) in [6.45, 7) is 4.81. The summed E-state index contributed by atoms with van der Waals surface area (Å²) in [6, 6.07) is 10.7. The van der Waals surface area contributed by atoms with E-state index in [4.69, 9.17) is 4.74 Å². The molecule has 0 saturated carbocycles. The van der Waals surface area contributed by atoms with Gasteiger partial charge in [-0.05, 0) is 74.2 Å². The molecular weight excluding hydrogens is 414 g/mol. The zero-order chi connectivity index (χ0) is 22.8. The number of hydrogen-bond donors (Lipinski definition) is 1. The van der Waals surface area contributed by atoms with Gasteiger partial charge < -0.3 is 14.5 Å². The molecule has 0 bridgehead atoms. The van der Waals surface area contributed by atoms with Crippen LogP contribution in [0.3, 0.4) is 0 Å². The van der Waals surface area contributed by atoms with E-state index in [1.807, 2.05) is 57.1 Å². The number of carbonyl (C=O) groups excluding carboxylic acids is 1. The van der Waals surface area contributed by atoms with Gasteiger partial charge in [-0.15, -0.1) is 0 Å². The Hall–Kier alpha value is -2.58. The predicted octanol–water partition coefficient (Wildman–Crippen LogP) is 2.96. The minimum Gasteiger partial charge on any atom is -0.495 e. The number of likely N-dealkylation sites (tertiary alicyclic amines) is 1. The summed E-state index contributed by atoms with van der Waals surface area (Å²) >= 11 is 0. The van der Waals surface area contributed by atoms with Gasteiger partial charge in [0.25, 0.3) is 5.91 Å². The van der Waals surface area contributed by atoms with Gasteiger partial charge in [0.1, 0.15) is 10.6 Å². The van der Waals surface area contributed by atoms with Gasteiger partial charge >= 0.3 is 0 Å². The van der Waals surface area contributed by atoms with Crippen LogP contribution in [0.25, 0.3) is 0 Å². The number of amides is 1. The molecule has 1 aliphatic rings. The first-order valence-corrected chi connectivity index (χ1v) is 11.8. The van der Waals surface area contributed by atoms with Gasteiger partial charge in [-0.3, -0.25) is 4.79 Å². The van der Waals surface area contributed by atoms with Crippen LogP contribution in [0.15, 0.2) is 41.3 Å². The van der Waals surface area contributed by atoms with Crippen LogP contribution < -0.4 is 14.4 Å². The van der Waals surface area contributed by atoms with Crippen LogP contribution in [-0.2, 0) is 10.0 Å². The first kappa shape index (κ1) is 23.1. The first-order valence-electron chi connectivity index (χ1n) is 10.4. The number of nitrogens with zero attached hydrogens (tertiary/aromatic N) is 2. The molecular formula is C23H31N3O4S. The van der Waals surface area contributed by atoms with Crippen LogP contribution in [0.1, 0.15) is 34.3 Å². The third-order valence-electron chi connectivity index (χ3n) is 5.80. The largest absolute Gasteiger partial charge is 0.495 e. The Bertz CT molecular complexity index is 1040. The van der Waals surface area contributed by atoms with Crippen LogP contribution >= 0.6 is 0 Å². The molecule has 0 atom stereocenters. The lowest BCUT2D eigenvalue weighted by atomic mass is 10.0. The normalized spacial score (nSPS) is 15.1. The van der Waals surface area contributed by atoms with Crippen molar-refractivity contribution in [1.29, 1.82) is 0 Å². The number of benzene rings is 2. The lowest BCUT2D eigenvalue weighted by Crippen LogP contribution is -2.46. The molecule has 0 aliphatic carbocycles. The lowest BCUT2D eigenvalue weighted by molar-refractivity contribution is 0.0711. The van der Waals surface area contributed by atoms with E-state index in [-0.39, 0.29) is 16.8 Å². The van der Waals surface area contributed by atoms with Gasteiger partial charge in [0.2, 0.25) is 10.0 Å². The fourth-order valence-corrected chi connectivity index (χ4v) is 5.24. The molecule has 7 nitrogen and oxygen atoms in total. The number of aryl methyl sites for hydroxylation is 2. The molecule has 3 rings (SSSR count).